The maximum Gasteiger partial charge on any atom is 0.340 e. The molecule has 0 bridgehead atoms. The van der Waals surface area contributed by atoms with Crippen LogP contribution in [0.4, 0.5) is 5.82 Å². The van der Waals surface area contributed by atoms with E-state index in [1.165, 1.54) is 0 Å². The summed E-state index contributed by atoms with van der Waals surface area (Å²) in [6.07, 6.45) is 1.64. The number of pyridine rings is 1. The number of nitrogens with one attached hydrogen (secondary N) is 1. The van der Waals surface area contributed by atoms with E-state index >= 15 is 0 Å². The minimum Gasteiger partial charge on any atom is -0.462 e. The zero-order valence-electron chi connectivity index (χ0n) is 12.7. The number of hydrogen-bond acceptors (Lipinski definition) is 4. The van der Waals surface area contributed by atoms with Gasteiger partial charge >= 0.3 is 5.97 Å². The maximum absolute atomic E-state index is 12.3. The minimum atomic E-state index is -0.351. The Kier molecular flexibility index (Phi) is 4.10. The summed E-state index contributed by atoms with van der Waals surface area (Å²) < 4.78 is 5.17. The van der Waals surface area contributed by atoms with E-state index in [1.807, 2.05) is 36.4 Å². The highest BCUT2D eigenvalue weighted by molar-refractivity contribution is 5.98. The monoisotopic (exact) mass is 307 g/mol. The molecule has 0 saturated carbocycles. The lowest BCUT2D eigenvalue weighted by atomic mass is 10.1. The van der Waals surface area contributed by atoms with Crippen LogP contribution in [0.3, 0.4) is 0 Å². The van der Waals surface area contributed by atoms with Gasteiger partial charge in [-0.2, -0.15) is 0 Å². The molecule has 0 aliphatic heterocycles. The second-order valence-electron chi connectivity index (χ2n) is 5.03. The first-order valence-electron chi connectivity index (χ1n) is 7.36. The van der Waals surface area contributed by atoms with Gasteiger partial charge in [-0.15, -0.1) is 0 Å². The normalized spacial score (nSPS) is 10.5. The Labute approximate surface area is 134 Å². The van der Waals surface area contributed by atoms with Crippen LogP contribution in [0.1, 0.15) is 17.3 Å². The van der Waals surface area contributed by atoms with E-state index in [2.05, 4.69) is 9.97 Å². The van der Waals surface area contributed by atoms with Gasteiger partial charge in [0, 0.05) is 17.5 Å². The summed E-state index contributed by atoms with van der Waals surface area (Å²) in [6, 6.07) is 15.1. The summed E-state index contributed by atoms with van der Waals surface area (Å²) in [5.74, 6) is 0.0759. The highest BCUT2D eigenvalue weighted by Gasteiger charge is 2.18. The summed E-state index contributed by atoms with van der Waals surface area (Å²) in [5.41, 5.74) is 9.56. The van der Waals surface area contributed by atoms with E-state index in [-0.39, 0.29) is 5.97 Å². The Hall–Kier alpha value is -3.08. The van der Waals surface area contributed by atoms with Crippen molar-refractivity contribution in [3.8, 4) is 22.5 Å². The predicted octanol–water partition coefficient (Wildman–Crippen LogP) is 3.50. The van der Waals surface area contributed by atoms with Crippen molar-refractivity contribution >= 4 is 11.8 Å². The van der Waals surface area contributed by atoms with Crippen molar-refractivity contribution in [1.29, 1.82) is 0 Å². The number of carbonyl (C=O) groups is 1. The fraction of sp³-hybridized carbons (Fsp3) is 0.111. The first-order valence-corrected chi connectivity index (χ1v) is 7.36. The molecule has 2 aromatic heterocycles. The lowest BCUT2D eigenvalue weighted by Crippen LogP contribution is -2.04. The molecule has 0 fully saturated rings. The number of nitrogens with zero attached hydrogens (tertiary/aromatic N) is 1. The van der Waals surface area contributed by atoms with Crippen LogP contribution in [-0.4, -0.2) is 22.5 Å². The molecular weight excluding hydrogens is 290 g/mol. The maximum atomic E-state index is 12.3. The summed E-state index contributed by atoms with van der Waals surface area (Å²) in [6.45, 7) is 2.12. The summed E-state index contributed by atoms with van der Waals surface area (Å²) in [4.78, 5) is 19.6. The molecule has 3 N–H and O–H groups in total. The number of aromatic amines is 1. The Balaban J connectivity index is 2.12. The third-order valence-electron chi connectivity index (χ3n) is 3.47. The fourth-order valence-electron chi connectivity index (χ4n) is 2.43. The van der Waals surface area contributed by atoms with Gasteiger partial charge in [-0.1, -0.05) is 30.3 Å². The lowest BCUT2D eigenvalue weighted by Gasteiger charge is -2.03. The second kappa shape index (κ2) is 6.36. The number of aromatic nitrogens is 2. The molecule has 0 aliphatic rings. The lowest BCUT2D eigenvalue weighted by molar-refractivity contribution is 0.0527. The van der Waals surface area contributed by atoms with Crippen molar-refractivity contribution in [2.24, 2.45) is 0 Å². The van der Waals surface area contributed by atoms with Crippen molar-refractivity contribution in [1.82, 2.24) is 9.97 Å². The van der Waals surface area contributed by atoms with Crippen molar-refractivity contribution in [3.63, 3.8) is 0 Å². The molecule has 116 valence electrons. The zero-order chi connectivity index (χ0) is 16.2. The van der Waals surface area contributed by atoms with Gasteiger partial charge in [0.1, 0.15) is 5.82 Å². The summed E-state index contributed by atoms with van der Waals surface area (Å²) >= 11 is 0. The van der Waals surface area contributed by atoms with Gasteiger partial charge in [-0.05, 0) is 30.7 Å². The number of benzene rings is 1. The molecule has 5 nitrogen and oxygen atoms in total. The van der Waals surface area contributed by atoms with Crippen LogP contribution in [-0.2, 0) is 4.74 Å². The molecule has 1 aromatic carbocycles. The number of nitrogen functional groups attached to an aromatic ring is 1. The molecule has 0 spiro atoms. The highest BCUT2D eigenvalue weighted by Crippen LogP contribution is 2.29. The molecule has 0 amide bonds. The van der Waals surface area contributed by atoms with Crippen LogP contribution < -0.4 is 5.73 Å². The van der Waals surface area contributed by atoms with Crippen molar-refractivity contribution in [2.75, 3.05) is 12.3 Å². The molecule has 5 heteroatoms. The third-order valence-corrected chi connectivity index (χ3v) is 3.47. The van der Waals surface area contributed by atoms with Gasteiger partial charge in [-0.3, -0.25) is 0 Å². The number of carbonyl (C=O) groups excluding carboxylic acids is 1. The molecule has 2 heterocycles. The molecule has 0 atom stereocenters. The number of rotatable bonds is 4. The largest absolute Gasteiger partial charge is 0.462 e. The van der Waals surface area contributed by atoms with Gasteiger partial charge in [0.25, 0.3) is 0 Å². The van der Waals surface area contributed by atoms with Crippen LogP contribution >= 0.6 is 0 Å². The second-order valence-corrected chi connectivity index (χ2v) is 5.03. The van der Waals surface area contributed by atoms with Crippen LogP contribution in [0.15, 0.2) is 54.7 Å². The molecule has 3 rings (SSSR count). The van der Waals surface area contributed by atoms with Crippen LogP contribution in [0.25, 0.3) is 22.5 Å². The third kappa shape index (κ3) is 3.08. The van der Waals surface area contributed by atoms with E-state index in [1.54, 1.807) is 25.3 Å². The molecule has 0 unspecified atom stereocenters. The average Bonchev–Trinajstić information content (AvgIpc) is 3.01. The standard InChI is InChI=1S/C18H17N3O2/c1-2-23-18(22)14-11-15(13-8-9-20-16(19)10-13)21-17(14)12-6-4-3-5-7-12/h3-11,21H,2H2,1H3,(H2,19,20). The number of H-pyrrole nitrogens is 1. The van der Waals surface area contributed by atoms with Crippen LogP contribution in [0.2, 0.25) is 0 Å². The Morgan fingerprint density at radius 1 is 1.17 bits per heavy atom. The number of nitrogens with two attached hydrogens (primary N) is 1. The topological polar surface area (TPSA) is 81.0 Å². The Morgan fingerprint density at radius 3 is 2.65 bits per heavy atom. The number of esters is 1. The zero-order valence-corrected chi connectivity index (χ0v) is 12.7. The number of hydrogen-bond donors (Lipinski definition) is 2. The van der Waals surface area contributed by atoms with E-state index in [0.29, 0.717) is 18.0 Å². The highest BCUT2D eigenvalue weighted by atomic mass is 16.5. The first-order chi connectivity index (χ1) is 11.2. The van der Waals surface area contributed by atoms with E-state index < -0.39 is 0 Å². The van der Waals surface area contributed by atoms with Crippen LogP contribution in [0.5, 0.6) is 0 Å². The van der Waals surface area contributed by atoms with E-state index in [9.17, 15) is 4.79 Å². The minimum absolute atomic E-state index is 0.329. The number of anilines is 1. The van der Waals surface area contributed by atoms with Gasteiger partial charge in [0.2, 0.25) is 0 Å². The number of ether oxygens (including phenoxy) is 1. The summed E-state index contributed by atoms with van der Waals surface area (Å²) in [7, 11) is 0. The van der Waals surface area contributed by atoms with Gasteiger partial charge in [0.15, 0.2) is 0 Å². The predicted molar refractivity (Wildman–Crippen MR) is 89.8 cm³/mol. The van der Waals surface area contributed by atoms with Crippen molar-refractivity contribution in [3.05, 3.63) is 60.3 Å². The molecule has 0 aliphatic carbocycles. The average molecular weight is 307 g/mol. The molecular formula is C18H17N3O2. The first kappa shape index (κ1) is 14.8. The van der Waals surface area contributed by atoms with Gasteiger partial charge in [0.05, 0.1) is 17.9 Å². The Bertz CT molecular complexity index is 825. The van der Waals surface area contributed by atoms with E-state index in [0.717, 1.165) is 22.5 Å². The van der Waals surface area contributed by atoms with Gasteiger partial charge < -0.3 is 15.5 Å². The fourth-order valence-corrected chi connectivity index (χ4v) is 2.43. The van der Waals surface area contributed by atoms with Crippen molar-refractivity contribution in [2.45, 2.75) is 6.92 Å². The van der Waals surface area contributed by atoms with Crippen molar-refractivity contribution < 1.29 is 9.53 Å². The molecule has 23 heavy (non-hydrogen) atoms. The van der Waals surface area contributed by atoms with Gasteiger partial charge in [-0.25, -0.2) is 9.78 Å². The molecule has 0 radical (unpaired) electrons. The SMILES string of the molecule is CCOC(=O)c1cc(-c2ccnc(N)c2)[nH]c1-c1ccccc1. The smallest absolute Gasteiger partial charge is 0.340 e. The van der Waals surface area contributed by atoms with E-state index in [4.69, 9.17) is 10.5 Å². The van der Waals surface area contributed by atoms with Crippen LogP contribution in [0, 0.1) is 0 Å². The summed E-state index contributed by atoms with van der Waals surface area (Å²) in [5, 5.41) is 0. The Morgan fingerprint density at radius 2 is 1.96 bits per heavy atom. The quantitative estimate of drug-likeness (QED) is 0.723. The molecule has 0 saturated heterocycles. The molecule has 3 aromatic rings.